The zero-order valence-electron chi connectivity index (χ0n) is 13.3. The van der Waals surface area contributed by atoms with Crippen molar-refractivity contribution in [3.63, 3.8) is 0 Å². The Kier molecular flexibility index (Phi) is 4.21. The maximum atomic E-state index is 12.3. The molecule has 1 saturated carbocycles. The number of hydrogen-bond acceptors (Lipinski definition) is 2. The lowest BCUT2D eigenvalue weighted by Gasteiger charge is -2.38. The Morgan fingerprint density at radius 3 is 2.30 bits per heavy atom. The van der Waals surface area contributed by atoms with Gasteiger partial charge in [-0.3, -0.25) is 4.79 Å². The first-order valence-corrected chi connectivity index (χ1v) is 10.4. The molecule has 1 aliphatic carbocycles. The van der Waals surface area contributed by atoms with E-state index in [9.17, 15) is 4.79 Å². The van der Waals surface area contributed by atoms with E-state index < -0.39 is 8.32 Å². The van der Waals surface area contributed by atoms with E-state index in [0.717, 1.165) is 6.42 Å². The summed E-state index contributed by atoms with van der Waals surface area (Å²) in [6.07, 6.45) is 1.28. The van der Waals surface area contributed by atoms with Gasteiger partial charge >= 0.3 is 0 Å². The molecule has 0 radical (unpaired) electrons. The number of benzene rings is 1. The average Bonchev–Trinajstić information content (AvgIpc) is 2.70. The number of carbonyl (C=O) groups is 1. The molecule has 1 unspecified atom stereocenters. The van der Waals surface area contributed by atoms with Crippen LogP contribution in [0, 0.1) is 0 Å². The fourth-order valence-electron chi connectivity index (χ4n) is 2.47. The smallest absolute Gasteiger partial charge is 0.193 e. The number of rotatable bonds is 3. The summed E-state index contributed by atoms with van der Waals surface area (Å²) in [5.41, 5.74) is 1.27. The van der Waals surface area contributed by atoms with Gasteiger partial charge in [0.15, 0.2) is 14.1 Å². The van der Waals surface area contributed by atoms with Gasteiger partial charge in [0, 0.05) is 6.42 Å². The molecule has 1 aliphatic rings. The molecule has 2 nitrogen and oxygen atoms in total. The van der Waals surface area contributed by atoms with Crippen molar-refractivity contribution in [1.82, 2.24) is 0 Å². The monoisotopic (exact) mass is 290 g/mol. The first kappa shape index (κ1) is 15.5. The van der Waals surface area contributed by atoms with Crippen molar-refractivity contribution >= 4 is 14.1 Å². The van der Waals surface area contributed by atoms with Gasteiger partial charge in [0.25, 0.3) is 0 Å². The molecule has 0 spiro atoms. The van der Waals surface area contributed by atoms with E-state index in [1.54, 1.807) is 0 Å². The van der Waals surface area contributed by atoms with Crippen molar-refractivity contribution in [3.8, 4) is 0 Å². The van der Waals surface area contributed by atoms with Crippen LogP contribution in [0.3, 0.4) is 0 Å². The Balaban J connectivity index is 2.07. The van der Waals surface area contributed by atoms with Gasteiger partial charge in [0.1, 0.15) is 6.10 Å². The molecule has 1 aromatic carbocycles. The van der Waals surface area contributed by atoms with Crippen LogP contribution >= 0.6 is 0 Å². The van der Waals surface area contributed by atoms with Crippen LogP contribution in [0.5, 0.6) is 0 Å². The third kappa shape index (κ3) is 3.21. The van der Waals surface area contributed by atoms with Crippen LogP contribution in [0.1, 0.15) is 45.1 Å². The first-order valence-electron chi connectivity index (χ1n) is 7.46. The molecular formula is C17H26O2Si. The third-order valence-corrected chi connectivity index (χ3v) is 9.31. The molecule has 0 bridgehead atoms. The molecule has 0 aliphatic heterocycles. The van der Waals surface area contributed by atoms with E-state index in [1.807, 2.05) is 18.2 Å². The predicted molar refractivity (Wildman–Crippen MR) is 85.5 cm³/mol. The molecule has 110 valence electrons. The van der Waals surface area contributed by atoms with Crippen LogP contribution in [0.25, 0.3) is 0 Å². The lowest BCUT2D eigenvalue weighted by Crippen LogP contribution is -2.44. The molecule has 2 rings (SSSR count). The normalized spacial score (nSPS) is 24.1. The molecule has 1 fully saturated rings. The summed E-state index contributed by atoms with van der Waals surface area (Å²) >= 11 is 0. The molecule has 0 N–H and O–H groups in total. The molecular weight excluding hydrogens is 264 g/mol. The average molecular weight is 290 g/mol. The summed E-state index contributed by atoms with van der Waals surface area (Å²) in [7, 11) is -1.86. The summed E-state index contributed by atoms with van der Waals surface area (Å²) in [6.45, 7) is 11.1. The van der Waals surface area contributed by atoms with Gasteiger partial charge in [0.05, 0.1) is 0 Å². The van der Waals surface area contributed by atoms with Crippen LogP contribution in [0.4, 0.5) is 0 Å². The van der Waals surface area contributed by atoms with Crippen molar-refractivity contribution in [3.05, 3.63) is 35.9 Å². The van der Waals surface area contributed by atoms with E-state index >= 15 is 0 Å². The highest BCUT2D eigenvalue weighted by Crippen LogP contribution is 2.41. The second-order valence-electron chi connectivity index (χ2n) is 7.38. The standard InChI is InChI=1S/C17H26O2Si/c1-17(2,3)20(4,5)19-16-12-14(11-15(16)18)13-9-7-6-8-10-13/h6-10,14,16H,11-12H2,1-5H3/t14-,16?/m0/s1. The van der Waals surface area contributed by atoms with Crippen molar-refractivity contribution in [2.24, 2.45) is 0 Å². The fourth-order valence-corrected chi connectivity index (χ4v) is 3.77. The van der Waals surface area contributed by atoms with E-state index in [4.69, 9.17) is 4.43 Å². The number of Topliss-reactive ketones (excluding diaryl/α,β-unsaturated/α-hetero) is 1. The second kappa shape index (κ2) is 5.45. The van der Waals surface area contributed by atoms with Crippen LogP contribution in [-0.4, -0.2) is 20.2 Å². The van der Waals surface area contributed by atoms with Crippen LogP contribution in [0.2, 0.25) is 18.1 Å². The van der Waals surface area contributed by atoms with E-state index in [1.165, 1.54) is 5.56 Å². The van der Waals surface area contributed by atoms with Crippen LogP contribution in [-0.2, 0) is 9.22 Å². The van der Waals surface area contributed by atoms with Crippen molar-refractivity contribution in [2.75, 3.05) is 0 Å². The second-order valence-corrected chi connectivity index (χ2v) is 12.1. The lowest BCUT2D eigenvalue weighted by atomic mass is 9.98. The summed E-state index contributed by atoms with van der Waals surface area (Å²) in [6, 6.07) is 10.3. The minimum absolute atomic E-state index is 0.151. The van der Waals surface area contributed by atoms with Crippen LogP contribution in [0.15, 0.2) is 30.3 Å². The van der Waals surface area contributed by atoms with Crippen molar-refractivity contribution in [1.29, 1.82) is 0 Å². The Bertz CT molecular complexity index is 474. The summed E-state index contributed by atoms with van der Waals surface area (Å²) in [5.74, 6) is 0.613. The molecule has 2 atom stereocenters. The van der Waals surface area contributed by atoms with Gasteiger partial charge in [-0.2, -0.15) is 0 Å². The molecule has 3 heteroatoms. The van der Waals surface area contributed by atoms with Crippen LogP contribution < -0.4 is 0 Å². The largest absolute Gasteiger partial charge is 0.407 e. The Morgan fingerprint density at radius 1 is 1.15 bits per heavy atom. The van der Waals surface area contributed by atoms with Crippen molar-refractivity contribution in [2.45, 2.75) is 63.8 Å². The van der Waals surface area contributed by atoms with Gasteiger partial charge in [0.2, 0.25) is 0 Å². The molecule has 1 aromatic rings. The van der Waals surface area contributed by atoms with Gasteiger partial charge < -0.3 is 4.43 Å². The quantitative estimate of drug-likeness (QED) is 0.765. The SMILES string of the molecule is CC(C)(C)[Si](C)(C)OC1C[C@@H](c2ccccc2)CC1=O. The Morgan fingerprint density at radius 2 is 1.75 bits per heavy atom. The predicted octanol–water partition coefficient (Wildman–Crippen LogP) is 4.52. The maximum absolute atomic E-state index is 12.3. The molecule has 0 aromatic heterocycles. The van der Waals surface area contributed by atoms with Gasteiger partial charge in [-0.15, -0.1) is 0 Å². The molecule has 20 heavy (non-hydrogen) atoms. The molecule has 0 heterocycles. The lowest BCUT2D eigenvalue weighted by molar-refractivity contribution is -0.123. The third-order valence-electron chi connectivity index (χ3n) is 4.82. The Hall–Kier alpha value is -0.933. The fraction of sp³-hybridized carbons (Fsp3) is 0.588. The highest BCUT2D eigenvalue weighted by Gasteiger charge is 2.43. The van der Waals surface area contributed by atoms with Crippen molar-refractivity contribution < 1.29 is 9.22 Å². The number of ketones is 1. The zero-order valence-corrected chi connectivity index (χ0v) is 14.3. The first-order chi connectivity index (χ1) is 9.21. The minimum Gasteiger partial charge on any atom is -0.407 e. The van der Waals surface area contributed by atoms with E-state index in [-0.39, 0.29) is 16.9 Å². The van der Waals surface area contributed by atoms with E-state index in [0.29, 0.717) is 12.3 Å². The van der Waals surface area contributed by atoms with E-state index in [2.05, 4.69) is 46.0 Å². The molecule has 0 amide bonds. The maximum Gasteiger partial charge on any atom is 0.193 e. The van der Waals surface area contributed by atoms with Gasteiger partial charge in [-0.05, 0) is 36.0 Å². The Labute approximate surface area is 123 Å². The topological polar surface area (TPSA) is 26.3 Å². The number of carbonyl (C=O) groups excluding carboxylic acids is 1. The van der Waals surface area contributed by atoms with Gasteiger partial charge in [-0.25, -0.2) is 0 Å². The summed E-state index contributed by atoms with van der Waals surface area (Å²) in [5, 5.41) is 0.151. The highest BCUT2D eigenvalue weighted by molar-refractivity contribution is 6.74. The summed E-state index contributed by atoms with van der Waals surface area (Å²) in [4.78, 5) is 12.3. The van der Waals surface area contributed by atoms with Gasteiger partial charge in [-0.1, -0.05) is 51.1 Å². The highest BCUT2D eigenvalue weighted by atomic mass is 28.4. The summed E-state index contributed by atoms with van der Waals surface area (Å²) < 4.78 is 6.32. The zero-order chi connectivity index (χ0) is 15.0. The molecule has 0 saturated heterocycles. The number of hydrogen-bond donors (Lipinski definition) is 0. The minimum atomic E-state index is -1.86.